The van der Waals surface area contributed by atoms with Crippen LogP contribution in [-0.4, -0.2) is 18.2 Å². The second-order valence-corrected chi connectivity index (χ2v) is 2.89. The topological polar surface area (TPSA) is 58.6 Å². The fourth-order valence-electron chi connectivity index (χ4n) is 1.14. The van der Waals surface area contributed by atoms with E-state index in [1.165, 1.54) is 7.11 Å². The lowest BCUT2D eigenvalue weighted by atomic mass is 10.1. The van der Waals surface area contributed by atoms with Gasteiger partial charge in [0.25, 0.3) is 0 Å². The van der Waals surface area contributed by atoms with Gasteiger partial charge in [0.05, 0.1) is 19.2 Å². The summed E-state index contributed by atoms with van der Waals surface area (Å²) in [5, 5.41) is 8.56. The van der Waals surface area contributed by atoms with Crippen molar-refractivity contribution in [3.05, 3.63) is 42.0 Å². The molecule has 0 saturated heterocycles. The average molecular weight is 207 g/mol. The molecule has 4 heteroatoms. The van der Waals surface area contributed by atoms with Crippen LogP contribution in [0.2, 0.25) is 0 Å². The Labute approximate surface area is 88.1 Å². The van der Waals surface area contributed by atoms with Gasteiger partial charge in [-0.05, 0) is 11.6 Å². The molecule has 1 rings (SSSR count). The van der Waals surface area contributed by atoms with Gasteiger partial charge >= 0.3 is 5.97 Å². The summed E-state index contributed by atoms with van der Waals surface area (Å²) in [6.45, 7) is 0. The van der Waals surface area contributed by atoms with Gasteiger partial charge in [0, 0.05) is 0 Å². The second kappa shape index (κ2) is 5.82. The number of rotatable bonds is 5. The molecule has 80 valence electrons. The third kappa shape index (κ3) is 3.83. The molecule has 0 aliphatic heterocycles. The van der Waals surface area contributed by atoms with Crippen LogP contribution in [0.4, 0.5) is 0 Å². The van der Waals surface area contributed by atoms with Crippen LogP contribution < -0.4 is 5.48 Å². The molecule has 0 heterocycles. The van der Waals surface area contributed by atoms with E-state index >= 15 is 0 Å². The van der Waals surface area contributed by atoms with E-state index in [1.807, 2.05) is 30.3 Å². The Balaban J connectivity index is 2.83. The second-order valence-electron chi connectivity index (χ2n) is 2.89. The molecule has 1 aromatic carbocycles. The summed E-state index contributed by atoms with van der Waals surface area (Å²) < 4.78 is 0. The first-order valence-corrected chi connectivity index (χ1v) is 4.50. The molecule has 15 heavy (non-hydrogen) atoms. The summed E-state index contributed by atoms with van der Waals surface area (Å²) in [4.78, 5) is 15.2. The highest BCUT2D eigenvalue weighted by Crippen LogP contribution is 2.11. The predicted octanol–water partition coefficient (Wildman–Crippen LogP) is 1.65. The van der Waals surface area contributed by atoms with E-state index in [9.17, 15) is 4.79 Å². The van der Waals surface area contributed by atoms with Crippen molar-refractivity contribution < 1.29 is 14.7 Å². The fourth-order valence-corrected chi connectivity index (χ4v) is 1.14. The molecule has 0 aromatic heterocycles. The molecule has 0 aliphatic carbocycles. The zero-order valence-corrected chi connectivity index (χ0v) is 8.43. The van der Waals surface area contributed by atoms with E-state index < -0.39 is 5.97 Å². The van der Waals surface area contributed by atoms with Crippen LogP contribution in [0.15, 0.2) is 36.4 Å². The minimum Gasteiger partial charge on any atom is -0.481 e. The number of hydrogen-bond acceptors (Lipinski definition) is 3. The van der Waals surface area contributed by atoms with E-state index in [4.69, 9.17) is 9.94 Å². The number of carbonyl (C=O) groups is 1. The first kappa shape index (κ1) is 11.3. The highest BCUT2D eigenvalue weighted by atomic mass is 16.6. The van der Waals surface area contributed by atoms with Crippen molar-refractivity contribution in [2.24, 2.45) is 0 Å². The first-order valence-electron chi connectivity index (χ1n) is 4.50. The van der Waals surface area contributed by atoms with Crippen molar-refractivity contribution in [2.45, 2.75) is 6.42 Å². The quantitative estimate of drug-likeness (QED) is 0.721. The van der Waals surface area contributed by atoms with Gasteiger partial charge in [-0.25, -0.2) is 0 Å². The Bertz CT molecular complexity index is 346. The van der Waals surface area contributed by atoms with Crippen molar-refractivity contribution in [1.82, 2.24) is 5.48 Å². The number of hydrogen-bond donors (Lipinski definition) is 2. The van der Waals surface area contributed by atoms with Gasteiger partial charge in [0.1, 0.15) is 0 Å². The van der Waals surface area contributed by atoms with Crippen molar-refractivity contribution in [3.63, 3.8) is 0 Å². The van der Waals surface area contributed by atoms with Gasteiger partial charge in [-0.3, -0.25) is 15.1 Å². The highest BCUT2D eigenvalue weighted by molar-refractivity contribution is 5.73. The van der Waals surface area contributed by atoms with E-state index in [-0.39, 0.29) is 6.42 Å². The molecule has 0 spiro atoms. The van der Waals surface area contributed by atoms with Crippen LogP contribution in [0.5, 0.6) is 0 Å². The summed E-state index contributed by atoms with van der Waals surface area (Å²) in [6, 6.07) is 9.40. The molecule has 0 fully saturated rings. The van der Waals surface area contributed by atoms with Crippen LogP contribution in [0.1, 0.15) is 12.0 Å². The molecule has 0 saturated carbocycles. The molecule has 0 atom stereocenters. The summed E-state index contributed by atoms with van der Waals surface area (Å²) in [7, 11) is 1.48. The fraction of sp³-hybridized carbons (Fsp3) is 0.182. The molecular weight excluding hydrogens is 194 g/mol. The van der Waals surface area contributed by atoms with Crippen molar-refractivity contribution >= 4 is 11.7 Å². The van der Waals surface area contributed by atoms with Crippen molar-refractivity contribution in [1.29, 1.82) is 0 Å². The summed E-state index contributed by atoms with van der Waals surface area (Å²) >= 11 is 0. The number of carboxylic acid groups (broad SMARTS) is 1. The lowest BCUT2D eigenvalue weighted by Crippen LogP contribution is -2.10. The van der Waals surface area contributed by atoms with Crippen LogP contribution in [0.3, 0.4) is 0 Å². The van der Waals surface area contributed by atoms with Crippen LogP contribution >= 0.6 is 0 Å². The van der Waals surface area contributed by atoms with Gasteiger partial charge in [-0.2, -0.15) is 0 Å². The monoisotopic (exact) mass is 207 g/mol. The zero-order chi connectivity index (χ0) is 11.1. The SMILES string of the molecule is CONC(=CCC(=O)O)c1ccccc1. The molecule has 0 bridgehead atoms. The Morgan fingerprint density at radius 3 is 2.67 bits per heavy atom. The lowest BCUT2D eigenvalue weighted by Gasteiger charge is -2.08. The lowest BCUT2D eigenvalue weighted by molar-refractivity contribution is -0.136. The maximum Gasteiger partial charge on any atom is 0.307 e. The van der Waals surface area contributed by atoms with E-state index in [1.54, 1.807) is 6.08 Å². The smallest absolute Gasteiger partial charge is 0.307 e. The minimum atomic E-state index is -0.874. The minimum absolute atomic E-state index is 0.0411. The largest absolute Gasteiger partial charge is 0.481 e. The van der Waals surface area contributed by atoms with Crippen molar-refractivity contribution in [2.75, 3.05) is 7.11 Å². The summed E-state index contributed by atoms with van der Waals surface area (Å²) in [6.07, 6.45) is 1.53. The Hall–Kier alpha value is -1.81. The molecule has 0 amide bonds. The van der Waals surface area contributed by atoms with Crippen molar-refractivity contribution in [3.8, 4) is 0 Å². The maximum atomic E-state index is 10.4. The third-order valence-corrected chi connectivity index (χ3v) is 1.78. The number of nitrogens with one attached hydrogen (secondary N) is 1. The van der Waals surface area contributed by atoms with Gasteiger partial charge < -0.3 is 5.11 Å². The summed E-state index contributed by atoms with van der Waals surface area (Å²) in [5.74, 6) is -0.874. The predicted molar refractivity (Wildman–Crippen MR) is 56.8 cm³/mol. The molecule has 0 unspecified atom stereocenters. The van der Waals surface area contributed by atoms with E-state index in [0.717, 1.165) is 5.56 Å². The number of carboxylic acids is 1. The maximum absolute atomic E-state index is 10.4. The van der Waals surface area contributed by atoms with Gasteiger partial charge in [-0.1, -0.05) is 30.3 Å². The normalized spacial score (nSPS) is 11.1. The van der Waals surface area contributed by atoms with Crippen LogP contribution in [-0.2, 0) is 9.63 Å². The van der Waals surface area contributed by atoms with Gasteiger partial charge in [0.15, 0.2) is 0 Å². The number of benzene rings is 1. The standard InChI is InChI=1S/C11H13NO3/c1-15-12-10(7-8-11(13)14)9-5-3-2-4-6-9/h2-7,12H,8H2,1H3,(H,13,14). The molecule has 2 N–H and O–H groups in total. The zero-order valence-electron chi connectivity index (χ0n) is 8.43. The molecule has 1 aromatic rings. The van der Waals surface area contributed by atoms with E-state index in [2.05, 4.69) is 5.48 Å². The third-order valence-electron chi connectivity index (χ3n) is 1.78. The molecule has 4 nitrogen and oxygen atoms in total. The Kier molecular flexibility index (Phi) is 4.37. The average Bonchev–Trinajstić information content (AvgIpc) is 2.25. The molecule has 0 radical (unpaired) electrons. The molecule has 0 aliphatic rings. The van der Waals surface area contributed by atoms with E-state index in [0.29, 0.717) is 5.70 Å². The first-order chi connectivity index (χ1) is 7.24. The van der Waals surface area contributed by atoms with Crippen LogP contribution in [0.25, 0.3) is 5.70 Å². The van der Waals surface area contributed by atoms with Gasteiger partial charge in [0.2, 0.25) is 0 Å². The number of aliphatic carboxylic acids is 1. The summed E-state index contributed by atoms with van der Waals surface area (Å²) in [5.41, 5.74) is 4.19. The Morgan fingerprint density at radius 1 is 1.47 bits per heavy atom. The molecular formula is C11H13NO3. The number of hydroxylamine groups is 1. The Morgan fingerprint density at radius 2 is 2.13 bits per heavy atom. The van der Waals surface area contributed by atoms with Crippen LogP contribution in [0, 0.1) is 0 Å². The van der Waals surface area contributed by atoms with Gasteiger partial charge in [-0.15, -0.1) is 0 Å². The highest BCUT2D eigenvalue weighted by Gasteiger charge is 2.01.